The van der Waals surface area contributed by atoms with E-state index in [2.05, 4.69) is 177 Å². The first-order valence-corrected chi connectivity index (χ1v) is 21.9. The van der Waals surface area contributed by atoms with E-state index >= 15 is 0 Å². The van der Waals surface area contributed by atoms with E-state index in [9.17, 15) is 0 Å². The number of hydrogen-bond acceptors (Lipinski definition) is 5. The van der Waals surface area contributed by atoms with Crippen LogP contribution in [0, 0.1) is 0 Å². The van der Waals surface area contributed by atoms with Crippen LogP contribution in [0.25, 0.3) is 132 Å². The van der Waals surface area contributed by atoms with Crippen molar-refractivity contribution in [2.45, 2.75) is 19.3 Å². The van der Waals surface area contributed by atoms with Crippen LogP contribution >= 0.6 is 0 Å². The van der Waals surface area contributed by atoms with Crippen molar-refractivity contribution in [2.24, 2.45) is 0 Å². The van der Waals surface area contributed by atoms with Crippen LogP contribution in [-0.4, -0.2) is 19.9 Å². The van der Waals surface area contributed by atoms with Gasteiger partial charge in [-0.15, -0.1) is 0 Å². The predicted octanol–water partition coefficient (Wildman–Crippen LogP) is 15.4. The average molecular weight is 817 g/mol. The molecule has 0 bridgehead atoms. The standard InChI is InChI=1S/C59H36N4O/c1-59(2)48-32-38(40-22-25-46(52-41-10-4-3-7-33(41)15-21-43(40)52)50-27-18-37-14-12-35-9-6-30-61-55(35)57(37)63-50)16-20-42(48)44-23-24-45-47-31-39(19-28-51(47)64-58(45)53(44)59)49-26-17-36-13-11-34-8-5-29-60-54(34)56(36)62-49/h3-32H,1-2H3. The summed E-state index contributed by atoms with van der Waals surface area (Å²) in [6.07, 6.45) is 3.69. The first kappa shape index (κ1) is 35.3. The molecule has 0 unspecified atom stereocenters. The smallest absolute Gasteiger partial charge is 0.140 e. The van der Waals surface area contributed by atoms with E-state index in [1.807, 2.05) is 24.5 Å². The van der Waals surface area contributed by atoms with E-state index in [1.165, 1.54) is 54.9 Å². The molecule has 64 heavy (non-hydrogen) atoms. The largest absolute Gasteiger partial charge is 0.456 e. The zero-order chi connectivity index (χ0) is 42.3. The number of pyridine rings is 4. The summed E-state index contributed by atoms with van der Waals surface area (Å²) in [7, 11) is 0. The average Bonchev–Trinajstić information content (AvgIpc) is 3.83. The molecule has 0 saturated carbocycles. The molecule has 1 aliphatic rings. The van der Waals surface area contributed by atoms with Crippen molar-refractivity contribution in [1.82, 2.24) is 19.9 Å². The van der Waals surface area contributed by atoms with Gasteiger partial charge in [0.25, 0.3) is 0 Å². The van der Waals surface area contributed by atoms with Gasteiger partial charge in [0.15, 0.2) is 0 Å². The van der Waals surface area contributed by atoms with Crippen molar-refractivity contribution in [2.75, 3.05) is 0 Å². The minimum Gasteiger partial charge on any atom is -0.456 e. The van der Waals surface area contributed by atoms with Gasteiger partial charge in [-0.2, -0.15) is 0 Å². The van der Waals surface area contributed by atoms with Gasteiger partial charge in [-0.1, -0.05) is 129 Å². The van der Waals surface area contributed by atoms with E-state index in [4.69, 9.17) is 19.4 Å². The lowest BCUT2D eigenvalue weighted by Crippen LogP contribution is -2.15. The molecule has 14 rings (SSSR count). The van der Waals surface area contributed by atoms with Crippen molar-refractivity contribution < 1.29 is 4.42 Å². The van der Waals surface area contributed by atoms with Crippen molar-refractivity contribution in [3.8, 4) is 44.8 Å². The lowest BCUT2D eigenvalue weighted by atomic mass is 9.80. The monoisotopic (exact) mass is 816 g/mol. The highest BCUT2D eigenvalue weighted by atomic mass is 16.3. The number of fused-ring (bicyclic) bond motifs is 16. The fourth-order valence-corrected chi connectivity index (χ4v) is 10.8. The maximum Gasteiger partial charge on any atom is 0.140 e. The van der Waals surface area contributed by atoms with Crippen molar-refractivity contribution >= 4 is 87.1 Å². The van der Waals surface area contributed by atoms with Gasteiger partial charge in [0.05, 0.1) is 33.5 Å². The molecule has 298 valence electrons. The van der Waals surface area contributed by atoms with E-state index in [-0.39, 0.29) is 5.41 Å². The quantitative estimate of drug-likeness (QED) is 0.166. The van der Waals surface area contributed by atoms with Gasteiger partial charge in [0.2, 0.25) is 0 Å². The van der Waals surface area contributed by atoms with E-state index in [0.717, 1.165) is 88.1 Å². The van der Waals surface area contributed by atoms with Crippen LogP contribution in [0.15, 0.2) is 187 Å². The van der Waals surface area contributed by atoms with Gasteiger partial charge in [-0.25, -0.2) is 9.97 Å². The summed E-state index contributed by atoms with van der Waals surface area (Å²) in [5.41, 5.74) is 16.5. The van der Waals surface area contributed by atoms with Crippen LogP contribution in [0.3, 0.4) is 0 Å². The summed E-state index contributed by atoms with van der Waals surface area (Å²) < 4.78 is 6.86. The highest BCUT2D eigenvalue weighted by Crippen LogP contribution is 2.54. The molecule has 0 aliphatic heterocycles. The van der Waals surface area contributed by atoms with Gasteiger partial charge in [-0.3, -0.25) is 9.97 Å². The van der Waals surface area contributed by atoms with Crippen molar-refractivity contribution in [1.29, 1.82) is 0 Å². The van der Waals surface area contributed by atoms with Crippen LogP contribution in [0.4, 0.5) is 0 Å². The molecular weight excluding hydrogens is 781 g/mol. The number of furan rings is 1. The minimum absolute atomic E-state index is 0.320. The molecule has 5 nitrogen and oxygen atoms in total. The van der Waals surface area contributed by atoms with E-state index in [1.54, 1.807) is 0 Å². The molecule has 0 radical (unpaired) electrons. The summed E-state index contributed by atoms with van der Waals surface area (Å²) in [5, 5.41) is 11.3. The lowest BCUT2D eigenvalue weighted by Gasteiger charge is -2.22. The molecule has 5 aromatic heterocycles. The molecule has 1 aliphatic carbocycles. The SMILES string of the molecule is CC1(C)c2cc(-c3ccc(-c4ccc5ccc6cccnc6c5n4)c4c3ccc3ccccc34)ccc2-c2ccc3c(oc4ccc(-c5ccc6ccc7cccnc7c6n5)cc43)c21. The Morgan fingerprint density at radius 3 is 1.78 bits per heavy atom. The third-order valence-electron chi connectivity index (χ3n) is 13.9. The van der Waals surface area contributed by atoms with Gasteiger partial charge in [0, 0.05) is 66.8 Å². The third-order valence-corrected chi connectivity index (χ3v) is 13.9. The molecule has 0 fully saturated rings. The maximum atomic E-state index is 6.86. The molecule has 0 saturated heterocycles. The van der Waals surface area contributed by atoms with Gasteiger partial charge >= 0.3 is 0 Å². The molecule has 8 aromatic carbocycles. The molecule has 0 N–H and O–H groups in total. The highest BCUT2D eigenvalue weighted by Gasteiger charge is 2.39. The molecule has 0 atom stereocenters. The summed E-state index contributed by atoms with van der Waals surface area (Å²) >= 11 is 0. The number of hydrogen-bond donors (Lipinski definition) is 0. The molecule has 0 spiro atoms. The molecule has 5 heteroatoms. The molecular formula is C59H36N4O. The minimum atomic E-state index is -0.320. The normalized spacial score (nSPS) is 13.3. The Labute approximate surface area is 367 Å². The Hall–Kier alpha value is -8.28. The second-order valence-corrected chi connectivity index (χ2v) is 17.8. The second kappa shape index (κ2) is 12.9. The number of benzene rings is 8. The van der Waals surface area contributed by atoms with Crippen molar-refractivity contribution in [3.63, 3.8) is 0 Å². The molecule has 13 aromatic rings. The maximum absolute atomic E-state index is 6.86. The zero-order valence-electron chi connectivity index (χ0n) is 35.0. The van der Waals surface area contributed by atoms with Crippen LogP contribution in [0.5, 0.6) is 0 Å². The van der Waals surface area contributed by atoms with E-state index < -0.39 is 0 Å². The number of nitrogens with zero attached hydrogens (tertiary/aromatic N) is 4. The number of aromatic nitrogens is 4. The Morgan fingerprint density at radius 1 is 0.406 bits per heavy atom. The first-order chi connectivity index (χ1) is 31.5. The van der Waals surface area contributed by atoms with Crippen LogP contribution in [0.1, 0.15) is 25.0 Å². The Bertz CT molecular complexity index is 4180. The topological polar surface area (TPSA) is 64.7 Å². The summed E-state index contributed by atoms with van der Waals surface area (Å²) in [6, 6.07) is 61.0. The van der Waals surface area contributed by atoms with Crippen LogP contribution in [-0.2, 0) is 5.41 Å². The second-order valence-electron chi connectivity index (χ2n) is 17.8. The first-order valence-electron chi connectivity index (χ1n) is 21.9. The van der Waals surface area contributed by atoms with Crippen LogP contribution in [0.2, 0.25) is 0 Å². The summed E-state index contributed by atoms with van der Waals surface area (Å²) in [6.45, 7) is 4.69. The number of rotatable bonds is 3. The Balaban J connectivity index is 0.898. The van der Waals surface area contributed by atoms with Gasteiger partial charge in [0.1, 0.15) is 11.2 Å². The van der Waals surface area contributed by atoms with Gasteiger partial charge < -0.3 is 4.42 Å². The fraction of sp³-hybridized carbons (Fsp3) is 0.0508. The Morgan fingerprint density at radius 2 is 1.00 bits per heavy atom. The van der Waals surface area contributed by atoms with Crippen LogP contribution < -0.4 is 0 Å². The highest BCUT2D eigenvalue weighted by molar-refractivity contribution is 6.19. The van der Waals surface area contributed by atoms with Gasteiger partial charge in [-0.05, 0) is 104 Å². The fourth-order valence-electron chi connectivity index (χ4n) is 10.8. The summed E-state index contributed by atoms with van der Waals surface area (Å²) in [5.74, 6) is 0. The molecule has 0 amide bonds. The summed E-state index contributed by atoms with van der Waals surface area (Å²) in [4.78, 5) is 19.9. The third kappa shape index (κ3) is 4.95. The van der Waals surface area contributed by atoms with E-state index in [0.29, 0.717) is 0 Å². The Kier molecular flexibility index (Phi) is 7.11. The van der Waals surface area contributed by atoms with Crippen molar-refractivity contribution in [3.05, 3.63) is 193 Å². The molecule has 5 heterocycles. The predicted molar refractivity (Wildman–Crippen MR) is 264 cm³/mol. The lowest BCUT2D eigenvalue weighted by molar-refractivity contribution is 0.620. The zero-order valence-corrected chi connectivity index (χ0v) is 35.0.